The predicted molar refractivity (Wildman–Crippen MR) is 104 cm³/mol. The standard InChI is InChI=1S/C23H21NO3/c1-15-5-3-4-6-20(15)21(17-7-9-18(10-8-17)23(26)27)14-22(25)19-11-12-24-16(2)13-19/h3-13,21H,14H2,1-2H3,(H,26,27). The van der Waals surface area contributed by atoms with Gasteiger partial charge in [-0.2, -0.15) is 0 Å². The number of pyridine rings is 1. The Balaban J connectivity index is 1.99. The summed E-state index contributed by atoms with van der Waals surface area (Å²) in [5, 5.41) is 9.14. The van der Waals surface area contributed by atoms with Gasteiger partial charge in [0.15, 0.2) is 5.78 Å². The van der Waals surface area contributed by atoms with Crippen LogP contribution in [0.5, 0.6) is 0 Å². The molecule has 0 radical (unpaired) electrons. The van der Waals surface area contributed by atoms with E-state index in [-0.39, 0.29) is 17.3 Å². The predicted octanol–water partition coefficient (Wildman–Crippen LogP) is 4.80. The van der Waals surface area contributed by atoms with E-state index in [1.165, 1.54) is 0 Å². The average molecular weight is 359 g/mol. The molecule has 0 saturated carbocycles. The number of rotatable bonds is 6. The molecule has 0 amide bonds. The van der Waals surface area contributed by atoms with Gasteiger partial charge in [-0.1, -0.05) is 36.4 Å². The van der Waals surface area contributed by atoms with E-state index in [0.717, 1.165) is 22.4 Å². The number of carbonyl (C=O) groups excluding carboxylic acids is 1. The van der Waals surface area contributed by atoms with E-state index in [1.54, 1.807) is 42.6 Å². The van der Waals surface area contributed by atoms with Gasteiger partial charge in [-0.05, 0) is 54.8 Å². The molecule has 1 aromatic heterocycles. The van der Waals surface area contributed by atoms with Crippen molar-refractivity contribution in [1.82, 2.24) is 4.98 Å². The zero-order valence-electron chi connectivity index (χ0n) is 15.3. The Morgan fingerprint density at radius 1 is 0.963 bits per heavy atom. The van der Waals surface area contributed by atoms with Gasteiger partial charge in [0.1, 0.15) is 0 Å². The first-order valence-corrected chi connectivity index (χ1v) is 8.80. The summed E-state index contributed by atoms with van der Waals surface area (Å²) in [5.41, 5.74) is 4.78. The molecule has 1 heterocycles. The smallest absolute Gasteiger partial charge is 0.335 e. The molecule has 0 spiro atoms. The van der Waals surface area contributed by atoms with E-state index < -0.39 is 5.97 Å². The molecule has 0 fully saturated rings. The number of nitrogens with zero attached hydrogens (tertiary/aromatic N) is 1. The maximum Gasteiger partial charge on any atom is 0.335 e. The van der Waals surface area contributed by atoms with Crippen molar-refractivity contribution < 1.29 is 14.7 Å². The Kier molecular flexibility index (Phi) is 5.46. The van der Waals surface area contributed by atoms with Crippen LogP contribution in [0, 0.1) is 13.8 Å². The number of aromatic nitrogens is 1. The highest BCUT2D eigenvalue weighted by Crippen LogP contribution is 2.32. The van der Waals surface area contributed by atoms with Gasteiger partial charge in [-0.25, -0.2) is 4.79 Å². The third-order valence-corrected chi connectivity index (χ3v) is 4.73. The molecule has 1 unspecified atom stereocenters. The molecular formula is C23H21NO3. The van der Waals surface area contributed by atoms with Crippen LogP contribution in [-0.2, 0) is 0 Å². The van der Waals surface area contributed by atoms with E-state index in [4.69, 9.17) is 5.11 Å². The summed E-state index contributed by atoms with van der Waals surface area (Å²) in [7, 11) is 0. The maximum absolute atomic E-state index is 12.9. The normalized spacial score (nSPS) is 11.8. The molecule has 0 aliphatic rings. The first-order chi connectivity index (χ1) is 13.0. The minimum atomic E-state index is -0.961. The number of aromatic carboxylic acids is 1. The monoisotopic (exact) mass is 359 g/mol. The first kappa shape index (κ1) is 18.5. The lowest BCUT2D eigenvalue weighted by molar-refractivity contribution is 0.0696. The summed E-state index contributed by atoms with van der Waals surface area (Å²) >= 11 is 0. The molecule has 0 bridgehead atoms. The van der Waals surface area contributed by atoms with Crippen molar-refractivity contribution in [1.29, 1.82) is 0 Å². The molecule has 0 aliphatic carbocycles. The van der Waals surface area contributed by atoms with Crippen LogP contribution in [-0.4, -0.2) is 21.8 Å². The van der Waals surface area contributed by atoms with Crippen molar-refractivity contribution in [2.24, 2.45) is 0 Å². The Morgan fingerprint density at radius 3 is 2.30 bits per heavy atom. The number of carbonyl (C=O) groups is 2. The van der Waals surface area contributed by atoms with Crippen LogP contribution in [0.4, 0.5) is 0 Å². The van der Waals surface area contributed by atoms with E-state index in [0.29, 0.717) is 12.0 Å². The quantitative estimate of drug-likeness (QED) is 0.642. The van der Waals surface area contributed by atoms with Gasteiger partial charge < -0.3 is 5.11 Å². The van der Waals surface area contributed by atoms with Gasteiger partial charge in [-0.3, -0.25) is 9.78 Å². The van der Waals surface area contributed by atoms with Crippen molar-refractivity contribution in [2.75, 3.05) is 0 Å². The van der Waals surface area contributed by atoms with Crippen molar-refractivity contribution in [3.63, 3.8) is 0 Å². The van der Waals surface area contributed by atoms with Crippen LogP contribution in [0.1, 0.15) is 55.4 Å². The molecule has 4 nitrogen and oxygen atoms in total. The number of hydrogen-bond donors (Lipinski definition) is 1. The SMILES string of the molecule is Cc1cc(C(=O)CC(c2ccc(C(=O)O)cc2)c2ccccc2C)ccn1. The third kappa shape index (κ3) is 4.29. The number of carboxylic acids is 1. The average Bonchev–Trinajstić information content (AvgIpc) is 2.67. The van der Waals surface area contributed by atoms with Crippen molar-refractivity contribution >= 4 is 11.8 Å². The number of hydrogen-bond acceptors (Lipinski definition) is 3. The second kappa shape index (κ2) is 7.96. The second-order valence-electron chi connectivity index (χ2n) is 6.65. The fourth-order valence-electron chi connectivity index (χ4n) is 3.27. The zero-order chi connectivity index (χ0) is 19.4. The summed E-state index contributed by atoms with van der Waals surface area (Å²) in [6.07, 6.45) is 1.95. The molecule has 1 N–H and O–H groups in total. The van der Waals surface area contributed by atoms with Gasteiger partial charge in [0.2, 0.25) is 0 Å². The van der Waals surface area contributed by atoms with Crippen LogP contribution in [0.3, 0.4) is 0 Å². The topological polar surface area (TPSA) is 67.3 Å². The molecule has 4 heteroatoms. The van der Waals surface area contributed by atoms with Gasteiger partial charge in [-0.15, -0.1) is 0 Å². The maximum atomic E-state index is 12.9. The van der Waals surface area contributed by atoms with Gasteiger partial charge in [0, 0.05) is 29.8 Å². The lowest BCUT2D eigenvalue weighted by Crippen LogP contribution is -2.11. The summed E-state index contributed by atoms with van der Waals surface area (Å²) in [6.45, 7) is 3.88. The highest BCUT2D eigenvalue weighted by atomic mass is 16.4. The van der Waals surface area contributed by atoms with Crippen LogP contribution < -0.4 is 0 Å². The van der Waals surface area contributed by atoms with E-state index in [9.17, 15) is 9.59 Å². The lowest BCUT2D eigenvalue weighted by atomic mass is 9.83. The van der Waals surface area contributed by atoms with Crippen LogP contribution in [0.15, 0.2) is 66.9 Å². The molecule has 3 rings (SSSR count). The number of carboxylic acid groups (broad SMARTS) is 1. The fraction of sp³-hybridized carbons (Fsp3) is 0.174. The van der Waals surface area contributed by atoms with Crippen molar-refractivity contribution in [3.8, 4) is 0 Å². The van der Waals surface area contributed by atoms with Crippen LogP contribution >= 0.6 is 0 Å². The van der Waals surface area contributed by atoms with Crippen molar-refractivity contribution in [3.05, 3.63) is 100 Å². The highest BCUT2D eigenvalue weighted by molar-refractivity contribution is 5.97. The fourth-order valence-corrected chi connectivity index (χ4v) is 3.27. The van der Waals surface area contributed by atoms with Gasteiger partial charge in [0.05, 0.1) is 5.56 Å². The van der Waals surface area contributed by atoms with Crippen LogP contribution in [0.25, 0.3) is 0 Å². The van der Waals surface area contributed by atoms with Gasteiger partial charge in [0.25, 0.3) is 0 Å². The second-order valence-corrected chi connectivity index (χ2v) is 6.65. The van der Waals surface area contributed by atoms with Crippen molar-refractivity contribution in [2.45, 2.75) is 26.2 Å². The minimum absolute atomic E-state index is 0.0380. The van der Waals surface area contributed by atoms with Gasteiger partial charge >= 0.3 is 5.97 Å². The number of ketones is 1. The molecule has 1 atom stereocenters. The molecule has 3 aromatic rings. The number of benzene rings is 2. The molecule has 27 heavy (non-hydrogen) atoms. The zero-order valence-corrected chi connectivity index (χ0v) is 15.3. The Labute approximate surface area is 158 Å². The molecule has 0 aliphatic heterocycles. The summed E-state index contributed by atoms with van der Waals surface area (Å²) in [5.74, 6) is -1.07. The molecule has 2 aromatic carbocycles. The highest BCUT2D eigenvalue weighted by Gasteiger charge is 2.21. The van der Waals surface area contributed by atoms with Crippen LogP contribution in [0.2, 0.25) is 0 Å². The molecular weight excluding hydrogens is 338 g/mol. The molecule has 136 valence electrons. The summed E-state index contributed by atoms with van der Waals surface area (Å²) in [6, 6.07) is 18.3. The molecule has 0 saturated heterocycles. The summed E-state index contributed by atoms with van der Waals surface area (Å²) < 4.78 is 0. The number of Topliss-reactive ketones (excluding diaryl/α,β-unsaturated/α-hetero) is 1. The largest absolute Gasteiger partial charge is 0.478 e. The third-order valence-electron chi connectivity index (χ3n) is 4.73. The minimum Gasteiger partial charge on any atom is -0.478 e. The first-order valence-electron chi connectivity index (χ1n) is 8.80. The Morgan fingerprint density at radius 2 is 1.67 bits per heavy atom. The van der Waals surface area contributed by atoms with E-state index >= 15 is 0 Å². The Bertz CT molecular complexity index is 977. The lowest BCUT2D eigenvalue weighted by Gasteiger charge is -2.20. The summed E-state index contributed by atoms with van der Waals surface area (Å²) in [4.78, 5) is 28.2. The van der Waals surface area contributed by atoms with E-state index in [1.807, 2.05) is 38.1 Å². The van der Waals surface area contributed by atoms with E-state index in [2.05, 4.69) is 4.98 Å². The Hall–Kier alpha value is -3.27. The number of aryl methyl sites for hydroxylation is 2.